The zero-order valence-corrected chi connectivity index (χ0v) is 11.8. The van der Waals surface area contributed by atoms with Gasteiger partial charge in [-0.05, 0) is 49.9 Å². The Kier molecular flexibility index (Phi) is 5.69. The molecule has 3 nitrogen and oxygen atoms in total. The molecule has 100 valence electrons. The summed E-state index contributed by atoms with van der Waals surface area (Å²) in [5.74, 6) is 0.688. The van der Waals surface area contributed by atoms with Gasteiger partial charge in [0.25, 0.3) is 5.91 Å². The zero-order chi connectivity index (χ0) is 13.5. The fourth-order valence-electron chi connectivity index (χ4n) is 1.75. The van der Waals surface area contributed by atoms with Crippen LogP contribution in [0.25, 0.3) is 0 Å². The van der Waals surface area contributed by atoms with E-state index in [0.717, 1.165) is 18.5 Å². The lowest BCUT2D eigenvalue weighted by Crippen LogP contribution is -2.32. The van der Waals surface area contributed by atoms with Gasteiger partial charge in [0.2, 0.25) is 0 Å². The van der Waals surface area contributed by atoms with Crippen molar-refractivity contribution in [1.29, 1.82) is 0 Å². The van der Waals surface area contributed by atoms with E-state index in [1.165, 1.54) is 0 Å². The van der Waals surface area contributed by atoms with E-state index in [9.17, 15) is 4.79 Å². The number of benzene rings is 1. The highest BCUT2D eigenvalue weighted by Gasteiger charge is 2.09. The molecule has 0 saturated heterocycles. The van der Waals surface area contributed by atoms with Gasteiger partial charge in [0.15, 0.2) is 0 Å². The molecule has 1 atom stereocenters. The van der Waals surface area contributed by atoms with E-state index in [2.05, 4.69) is 31.4 Å². The summed E-state index contributed by atoms with van der Waals surface area (Å²) in [5, 5.41) is 6.06. The quantitative estimate of drug-likeness (QED) is 0.811. The average molecular weight is 248 g/mol. The molecule has 3 heteroatoms. The van der Waals surface area contributed by atoms with Gasteiger partial charge in [0.1, 0.15) is 0 Å². The second kappa shape index (κ2) is 7.04. The number of anilines is 1. The minimum Gasteiger partial charge on any atom is -0.388 e. The summed E-state index contributed by atoms with van der Waals surface area (Å²) in [4.78, 5) is 12.0. The Morgan fingerprint density at radius 1 is 1.11 bits per heavy atom. The fraction of sp³-hybridized carbons (Fsp3) is 0.533. The number of carbonyl (C=O) groups is 1. The van der Waals surface area contributed by atoms with Crippen LogP contribution in [-0.2, 0) is 0 Å². The zero-order valence-electron chi connectivity index (χ0n) is 11.8. The van der Waals surface area contributed by atoms with Gasteiger partial charge >= 0.3 is 0 Å². The van der Waals surface area contributed by atoms with Crippen LogP contribution in [0.2, 0.25) is 0 Å². The third-order valence-electron chi connectivity index (χ3n) is 2.99. The smallest absolute Gasteiger partial charge is 0.251 e. The van der Waals surface area contributed by atoms with E-state index in [-0.39, 0.29) is 11.9 Å². The molecule has 1 rings (SSSR count). The van der Waals surface area contributed by atoms with Gasteiger partial charge in [0, 0.05) is 24.3 Å². The maximum atomic E-state index is 12.0. The Morgan fingerprint density at radius 3 is 2.22 bits per heavy atom. The van der Waals surface area contributed by atoms with Gasteiger partial charge < -0.3 is 10.6 Å². The molecule has 0 saturated carbocycles. The first-order valence-electron chi connectivity index (χ1n) is 6.61. The van der Waals surface area contributed by atoms with Gasteiger partial charge in [0.05, 0.1) is 0 Å². The second-order valence-corrected chi connectivity index (χ2v) is 5.17. The van der Waals surface area contributed by atoms with Crippen LogP contribution in [0.5, 0.6) is 0 Å². The largest absolute Gasteiger partial charge is 0.388 e. The van der Waals surface area contributed by atoms with Crippen molar-refractivity contribution in [2.45, 2.75) is 39.7 Å². The standard InChI is InChI=1S/C15H24N2O/c1-11(2)5-6-12(3)17-15(18)13-7-9-14(16-4)10-8-13/h7-12,16H,5-6H2,1-4H3,(H,17,18). The van der Waals surface area contributed by atoms with E-state index in [0.29, 0.717) is 11.5 Å². The first-order valence-corrected chi connectivity index (χ1v) is 6.61. The number of nitrogens with one attached hydrogen (secondary N) is 2. The molecular formula is C15H24N2O. The maximum Gasteiger partial charge on any atom is 0.251 e. The Labute approximate surface area is 110 Å². The van der Waals surface area contributed by atoms with Crippen LogP contribution in [0.4, 0.5) is 5.69 Å². The molecule has 2 N–H and O–H groups in total. The molecular weight excluding hydrogens is 224 g/mol. The van der Waals surface area contributed by atoms with Crippen molar-refractivity contribution in [3.63, 3.8) is 0 Å². The summed E-state index contributed by atoms with van der Waals surface area (Å²) in [6.45, 7) is 6.46. The molecule has 1 amide bonds. The maximum absolute atomic E-state index is 12.0. The highest BCUT2D eigenvalue weighted by molar-refractivity contribution is 5.94. The Morgan fingerprint density at radius 2 is 1.72 bits per heavy atom. The van der Waals surface area contributed by atoms with Crippen molar-refractivity contribution in [3.8, 4) is 0 Å². The lowest BCUT2D eigenvalue weighted by atomic mass is 10.0. The van der Waals surface area contributed by atoms with Gasteiger partial charge in [-0.2, -0.15) is 0 Å². The lowest BCUT2D eigenvalue weighted by molar-refractivity contribution is 0.0937. The highest BCUT2D eigenvalue weighted by Crippen LogP contribution is 2.10. The molecule has 0 spiro atoms. The molecule has 1 unspecified atom stereocenters. The van der Waals surface area contributed by atoms with E-state index in [4.69, 9.17) is 0 Å². The summed E-state index contributed by atoms with van der Waals surface area (Å²) < 4.78 is 0. The third kappa shape index (κ3) is 4.78. The second-order valence-electron chi connectivity index (χ2n) is 5.17. The molecule has 0 fully saturated rings. The lowest BCUT2D eigenvalue weighted by Gasteiger charge is -2.15. The van der Waals surface area contributed by atoms with Gasteiger partial charge in [-0.25, -0.2) is 0 Å². The first-order chi connectivity index (χ1) is 8.52. The molecule has 1 aromatic carbocycles. The van der Waals surface area contributed by atoms with Crippen molar-refractivity contribution in [3.05, 3.63) is 29.8 Å². The highest BCUT2D eigenvalue weighted by atomic mass is 16.1. The van der Waals surface area contributed by atoms with E-state index < -0.39 is 0 Å². The van der Waals surface area contributed by atoms with Crippen LogP contribution in [-0.4, -0.2) is 19.0 Å². The van der Waals surface area contributed by atoms with Crippen LogP contribution in [0.15, 0.2) is 24.3 Å². The number of hydrogen-bond acceptors (Lipinski definition) is 2. The molecule has 1 aromatic rings. The average Bonchev–Trinajstić information content (AvgIpc) is 2.36. The minimum absolute atomic E-state index is 0.00825. The summed E-state index contributed by atoms with van der Waals surface area (Å²) in [5.41, 5.74) is 1.73. The monoisotopic (exact) mass is 248 g/mol. The van der Waals surface area contributed by atoms with Crippen molar-refractivity contribution < 1.29 is 4.79 Å². The van der Waals surface area contributed by atoms with Crippen LogP contribution < -0.4 is 10.6 Å². The molecule has 18 heavy (non-hydrogen) atoms. The number of carbonyl (C=O) groups excluding carboxylic acids is 1. The third-order valence-corrected chi connectivity index (χ3v) is 2.99. The van der Waals surface area contributed by atoms with E-state index in [1.54, 1.807) is 0 Å². The van der Waals surface area contributed by atoms with Crippen molar-refractivity contribution in [1.82, 2.24) is 5.32 Å². The minimum atomic E-state index is 0.00825. The summed E-state index contributed by atoms with van der Waals surface area (Å²) in [7, 11) is 1.86. The number of rotatable bonds is 6. The Bertz CT molecular complexity index is 371. The summed E-state index contributed by atoms with van der Waals surface area (Å²) in [6.07, 6.45) is 2.16. The van der Waals surface area contributed by atoms with Crippen LogP contribution in [0.1, 0.15) is 44.0 Å². The molecule has 0 aliphatic carbocycles. The SMILES string of the molecule is CNc1ccc(C(=O)NC(C)CCC(C)C)cc1. The van der Waals surface area contributed by atoms with Crippen LogP contribution in [0, 0.1) is 5.92 Å². The molecule has 0 aliphatic rings. The van der Waals surface area contributed by atoms with Crippen molar-refractivity contribution in [2.75, 3.05) is 12.4 Å². The van der Waals surface area contributed by atoms with Crippen molar-refractivity contribution in [2.24, 2.45) is 5.92 Å². The molecule has 0 aromatic heterocycles. The topological polar surface area (TPSA) is 41.1 Å². The van der Waals surface area contributed by atoms with E-state index >= 15 is 0 Å². The summed E-state index contributed by atoms with van der Waals surface area (Å²) in [6, 6.07) is 7.73. The normalized spacial score (nSPS) is 12.3. The summed E-state index contributed by atoms with van der Waals surface area (Å²) >= 11 is 0. The molecule has 0 heterocycles. The number of hydrogen-bond donors (Lipinski definition) is 2. The first kappa shape index (κ1) is 14.6. The van der Waals surface area contributed by atoms with Crippen LogP contribution >= 0.6 is 0 Å². The van der Waals surface area contributed by atoms with E-state index in [1.807, 2.05) is 31.3 Å². The Hall–Kier alpha value is -1.51. The van der Waals surface area contributed by atoms with Crippen LogP contribution in [0.3, 0.4) is 0 Å². The predicted octanol–water partition coefficient (Wildman–Crippen LogP) is 3.28. The van der Waals surface area contributed by atoms with Gasteiger partial charge in [-0.3, -0.25) is 4.79 Å². The predicted molar refractivity (Wildman–Crippen MR) is 77.0 cm³/mol. The number of amides is 1. The molecule has 0 radical (unpaired) electrons. The fourth-order valence-corrected chi connectivity index (χ4v) is 1.75. The molecule has 0 aliphatic heterocycles. The van der Waals surface area contributed by atoms with Crippen molar-refractivity contribution >= 4 is 11.6 Å². The van der Waals surface area contributed by atoms with Gasteiger partial charge in [-0.15, -0.1) is 0 Å². The molecule has 0 bridgehead atoms. The van der Waals surface area contributed by atoms with Gasteiger partial charge in [-0.1, -0.05) is 13.8 Å². The Balaban J connectivity index is 2.48.